The second-order valence-corrected chi connectivity index (χ2v) is 11.1. The first-order valence-corrected chi connectivity index (χ1v) is 13.0. The predicted molar refractivity (Wildman–Crippen MR) is 144 cm³/mol. The van der Waals surface area contributed by atoms with Gasteiger partial charge in [-0.15, -0.1) is 4.58 Å². The largest absolute Gasteiger partial charge is 0.596 e. The van der Waals surface area contributed by atoms with Crippen LogP contribution in [0.4, 0.5) is 10.5 Å². The molecule has 0 spiro atoms. The first kappa shape index (κ1) is 26.8. The zero-order valence-corrected chi connectivity index (χ0v) is 22.8. The second kappa shape index (κ2) is 11.0. The molecular formula is C29H39N4O4+. The molecule has 4 rings (SSSR count). The standard InChI is InChI=1S/C29H38N4O4/c1-19-16-25(20(2)15-23(19)27(34)36-6)31-26(24-10-9-22(17-30-24)21-7-8-21)18-32-11-13-33(14-12-32)28(35)37-29(3,4)5/h9-10,13,15-17,21,26H,7-8,11-12,14,18H2,1-6H3/p+1. The zero-order valence-electron chi connectivity index (χ0n) is 22.8. The Kier molecular flexibility index (Phi) is 7.97. The highest BCUT2D eigenvalue weighted by molar-refractivity contribution is 5.92. The minimum atomic E-state index is -0.519. The van der Waals surface area contributed by atoms with Gasteiger partial charge in [-0.2, -0.15) is 4.79 Å². The Hall–Kier alpha value is -3.26. The van der Waals surface area contributed by atoms with Crippen molar-refractivity contribution >= 4 is 24.0 Å². The maximum absolute atomic E-state index is 12.5. The molecule has 2 aliphatic rings. The first-order chi connectivity index (χ1) is 17.5. The first-order valence-electron chi connectivity index (χ1n) is 13.0. The summed E-state index contributed by atoms with van der Waals surface area (Å²) in [5.41, 5.74) is 5.10. The number of nitrogens with zero attached hydrogens (tertiary/aromatic N) is 3. The van der Waals surface area contributed by atoms with Crippen LogP contribution in [0.3, 0.4) is 0 Å². The van der Waals surface area contributed by atoms with Crippen molar-refractivity contribution in [3.8, 4) is 0 Å². The van der Waals surface area contributed by atoms with Crippen molar-refractivity contribution < 1.29 is 23.6 Å². The fourth-order valence-electron chi connectivity index (χ4n) is 4.54. The van der Waals surface area contributed by atoms with Gasteiger partial charge in [0.1, 0.15) is 5.60 Å². The molecule has 37 heavy (non-hydrogen) atoms. The van der Waals surface area contributed by atoms with Crippen molar-refractivity contribution in [2.24, 2.45) is 0 Å². The van der Waals surface area contributed by atoms with Gasteiger partial charge in [-0.25, -0.2) is 4.79 Å². The molecule has 1 saturated carbocycles. The van der Waals surface area contributed by atoms with Crippen molar-refractivity contribution in [1.29, 1.82) is 0 Å². The molecule has 198 valence electrons. The molecule has 1 aromatic heterocycles. The number of esters is 1. The number of anilines is 1. The van der Waals surface area contributed by atoms with Crippen LogP contribution < -0.4 is 5.32 Å². The van der Waals surface area contributed by atoms with Gasteiger partial charge in [-0.3, -0.25) is 9.88 Å². The van der Waals surface area contributed by atoms with E-state index in [2.05, 4.69) is 22.3 Å². The fourth-order valence-corrected chi connectivity index (χ4v) is 4.54. The molecule has 0 bridgehead atoms. The lowest BCUT2D eigenvalue weighted by atomic mass is 10.0. The van der Waals surface area contributed by atoms with Gasteiger partial charge in [0.05, 0.1) is 37.5 Å². The maximum Gasteiger partial charge on any atom is 0.596 e. The number of amides is 1. The number of nitrogens with one attached hydrogen (secondary N) is 1. The van der Waals surface area contributed by atoms with E-state index in [9.17, 15) is 9.59 Å². The summed E-state index contributed by atoms with van der Waals surface area (Å²) in [5.74, 6) is 0.318. The van der Waals surface area contributed by atoms with Gasteiger partial charge in [0.25, 0.3) is 0 Å². The van der Waals surface area contributed by atoms with Crippen molar-refractivity contribution in [3.63, 3.8) is 0 Å². The van der Waals surface area contributed by atoms with Crippen molar-refractivity contribution in [2.75, 3.05) is 38.6 Å². The highest BCUT2D eigenvalue weighted by Gasteiger charge is 2.31. The molecule has 1 aliphatic heterocycles. The minimum Gasteiger partial charge on any atom is -0.465 e. The van der Waals surface area contributed by atoms with E-state index >= 15 is 0 Å². The topological polar surface area (TPSA) is 83.8 Å². The van der Waals surface area contributed by atoms with Crippen molar-refractivity contribution in [1.82, 2.24) is 9.88 Å². The Bertz CT molecular complexity index is 1180. The van der Waals surface area contributed by atoms with E-state index in [0.717, 1.165) is 29.1 Å². The number of rotatable bonds is 7. The maximum atomic E-state index is 12.5. The van der Waals surface area contributed by atoms with Gasteiger partial charge < -0.3 is 14.8 Å². The number of hydrogen-bond acceptors (Lipinski definition) is 7. The summed E-state index contributed by atoms with van der Waals surface area (Å²) in [5, 5.41) is 3.69. The Morgan fingerprint density at radius 3 is 2.51 bits per heavy atom. The molecule has 1 unspecified atom stereocenters. The summed E-state index contributed by atoms with van der Waals surface area (Å²) in [7, 11) is 1.40. The number of benzene rings is 1. The third kappa shape index (κ3) is 6.95. The lowest BCUT2D eigenvalue weighted by Crippen LogP contribution is -2.45. The summed E-state index contributed by atoms with van der Waals surface area (Å²) in [6.07, 6.45) is 6.08. The average Bonchev–Trinajstić information content (AvgIpc) is 3.70. The number of carbonyl (C=O) groups is 2. The number of carbonyl (C=O) groups excluding carboxylic acids is 2. The van der Waals surface area contributed by atoms with E-state index in [4.69, 9.17) is 14.5 Å². The van der Waals surface area contributed by atoms with Crippen LogP contribution in [0.5, 0.6) is 0 Å². The normalized spacial score (nSPS) is 17.1. The van der Waals surface area contributed by atoms with E-state index in [-0.39, 0.29) is 18.1 Å². The number of aromatic nitrogens is 1. The van der Waals surface area contributed by atoms with Crippen molar-refractivity contribution in [3.05, 3.63) is 58.4 Å². The smallest absolute Gasteiger partial charge is 0.465 e. The minimum absolute atomic E-state index is 0.0724. The molecule has 1 aromatic carbocycles. The fraction of sp³-hybridized carbons (Fsp3) is 0.517. The lowest BCUT2D eigenvalue weighted by molar-refractivity contribution is -0.453. The number of aryl methyl sites for hydroxylation is 2. The number of ether oxygens (including phenoxy) is 2. The SMILES string of the molecule is COC(=O)c1cc(C)c(NC(CN2CC=[N+](C(=O)OC(C)(C)C)CC2)c2ccc(C3CC3)cn2)cc1C. The van der Waals surface area contributed by atoms with Gasteiger partial charge in [0, 0.05) is 18.4 Å². The molecule has 2 heterocycles. The van der Waals surface area contributed by atoms with Crippen LogP contribution in [0.1, 0.15) is 78.3 Å². The quantitative estimate of drug-likeness (QED) is 0.424. The summed E-state index contributed by atoms with van der Waals surface area (Å²) >= 11 is 0. The molecule has 1 N–H and O–H groups in total. The monoisotopic (exact) mass is 507 g/mol. The van der Waals surface area contributed by atoms with Gasteiger partial charge in [-0.05, 0) is 88.3 Å². The van der Waals surface area contributed by atoms with Gasteiger partial charge >= 0.3 is 12.1 Å². The third-order valence-corrected chi connectivity index (χ3v) is 6.81. The molecule has 0 saturated heterocycles. The van der Waals surface area contributed by atoms with Crippen LogP contribution in [-0.4, -0.2) is 71.6 Å². The molecular weight excluding hydrogens is 468 g/mol. The van der Waals surface area contributed by atoms with Crippen LogP contribution in [0.25, 0.3) is 0 Å². The van der Waals surface area contributed by atoms with E-state index in [0.29, 0.717) is 31.1 Å². The van der Waals surface area contributed by atoms with E-state index in [1.54, 1.807) is 4.58 Å². The Morgan fingerprint density at radius 2 is 1.95 bits per heavy atom. The van der Waals surface area contributed by atoms with E-state index in [1.807, 2.05) is 59.2 Å². The highest BCUT2D eigenvalue weighted by Crippen LogP contribution is 2.39. The van der Waals surface area contributed by atoms with Crippen molar-refractivity contribution in [2.45, 2.75) is 65.0 Å². The van der Waals surface area contributed by atoms with Crippen LogP contribution in [0.15, 0.2) is 30.5 Å². The molecule has 8 nitrogen and oxygen atoms in total. The summed E-state index contributed by atoms with van der Waals surface area (Å²) in [6.45, 7) is 12.2. The Morgan fingerprint density at radius 1 is 1.19 bits per heavy atom. The number of pyridine rings is 1. The summed E-state index contributed by atoms with van der Waals surface area (Å²) < 4.78 is 12.1. The van der Waals surface area contributed by atoms with Crippen LogP contribution >= 0.6 is 0 Å². The van der Waals surface area contributed by atoms with Crippen LogP contribution in [0.2, 0.25) is 0 Å². The molecule has 2 aromatic rings. The Labute approximate surface area is 219 Å². The van der Waals surface area contributed by atoms with E-state index < -0.39 is 5.60 Å². The molecule has 1 atom stereocenters. The van der Waals surface area contributed by atoms with Crippen LogP contribution in [-0.2, 0) is 9.47 Å². The molecule has 1 amide bonds. The molecule has 1 aliphatic carbocycles. The molecule has 8 heteroatoms. The zero-order chi connectivity index (χ0) is 26.7. The predicted octanol–water partition coefficient (Wildman–Crippen LogP) is 4.85. The lowest BCUT2D eigenvalue weighted by Gasteiger charge is -2.29. The average molecular weight is 508 g/mol. The van der Waals surface area contributed by atoms with E-state index in [1.165, 1.54) is 25.5 Å². The Balaban J connectivity index is 1.53. The molecule has 1 fully saturated rings. The summed E-state index contributed by atoms with van der Waals surface area (Å²) in [6, 6.07) is 8.12. The van der Waals surface area contributed by atoms with Crippen LogP contribution in [0, 0.1) is 13.8 Å². The summed E-state index contributed by atoms with van der Waals surface area (Å²) in [4.78, 5) is 31.8. The van der Waals surface area contributed by atoms with Gasteiger partial charge in [0.15, 0.2) is 12.8 Å². The van der Waals surface area contributed by atoms with Gasteiger partial charge in [0.2, 0.25) is 0 Å². The molecule has 0 radical (unpaired) electrons. The number of hydrogen-bond donors (Lipinski definition) is 1. The highest BCUT2D eigenvalue weighted by atomic mass is 16.6. The van der Waals surface area contributed by atoms with Gasteiger partial charge in [-0.1, -0.05) is 6.07 Å². The second-order valence-electron chi connectivity index (χ2n) is 11.1. The third-order valence-electron chi connectivity index (χ3n) is 6.81. The number of methoxy groups -OCH3 is 1.